The number of carbonyl (C=O) groups is 1. The summed E-state index contributed by atoms with van der Waals surface area (Å²) >= 11 is 0. The van der Waals surface area contributed by atoms with Crippen LogP contribution in [0.3, 0.4) is 0 Å². The molecule has 0 atom stereocenters. The fourth-order valence-electron chi connectivity index (χ4n) is 1.19. The third kappa shape index (κ3) is 2.47. The lowest BCUT2D eigenvalue weighted by atomic mass is 10.5. The number of aromatic nitrogens is 5. The van der Waals surface area contributed by atoms with Crippen LogP contribution in [-0.4, -0.2) is 38.0 Å². The van der Waals surface area contributed by atoms with E-state index in [1.165, 1.54) is 18.1 Å². The average molecular weight is 237 g/mol. The highest BCUT2D eigenvalue weighted by Gasteiger charge is 2.12. The second-order valence-corrected chi connectivity index (χ2v) is 3.22. The number of nitrogens with zero attached hydrogens (tertiary/aromatic N) is 5. The fraction of sp³-hybridized carbons (Fsp3) is 0.444. The zero-order valence-electron chi connectivity index (χ0n) is 9.45. The van der Waals surface area contributed by atoms with Gasteiger partial charge in [0.25, 0.3) is 5.82 Å². The van der Waals surface area contributed by atoms with E-state index in [-0.39, 0.29) is 12.4 Å². The summed E-state index contributed by atoms with van der Waals surface area (Å²) in [4.78, 5) is 19.0. The summed E-state index contributed by atoms with van der Waals surface area (Å²) in [6.45, 7) is 2.20. The Bertz CT molecular complexity index is 518. The Morgan fingerprint density at radius 2 is 2.41 bits per heavy atom. The van der Waals surface area contributed by atoms with E-state index in [0.717, 1.165) is 0 Å². The molecule has 2 aromatic rings. The van der Waals surface area contributed by atoms with Crippen molar-refractivity contribution < 1.29 is 14.1 Å². The number of ether oxygens (including phenoxy) is 1. The van der Waals surface area contributed by atoms with Crippen LogP contribution < -0.4 is 0 Å². The summed E-state index contributed by atoms with van der Waals surface area (Å²) < 4.78 is 10.9. The monoisotopic (exact) mass is 237 g/mol. The van der Waals surface area contributed by atoms with E-state index >= 15 is 0 Å². The van der Waals surface area contributed by atoms with Crippen LogP contribution in [0.15, 0.2) is 10.9 Å². The number of hydrogen-bond donors (Lipinski definition) is 0. The highest BCUT2D eigenvalue weighted by molar-refractivity contribution is 5.84. The molecule has 2 heterocycles. The van der Waals surface area contributed by atoms with Crippen LogP contribution in [0.25, 0.3) is 0 Å². The van der Waals surface area contributed by atoms with Gasteiger partial charge in [-0.05, 0) is 0 Å². The normalized spacial score (nSPS) is 10.5. The Balaban J connectivity index is 2.08. The van der Waals surface area contributed by atoms with Gasteiger partial charge in [0.05, 0.1) is 7.11 Å². The molecule has 2 aromatic heterocycles. The van der Waals surface area contributed by atoms with E-state index in [4.69, 9.17) is 4.52 Å². The Morgan fingerprint density at radius 1 is 1.59 bits per heavy atom. The van der Waals surface area contributed by atoms with Gasteiger partial charge in [0.15, 0.2) is 5.82 Å². The van der Waals surface area contributed by atoms with Gasteiger partial charge in [-0.3, -0.25) is 0 Å². The molecule has 0 saturated heterocycles. The van der Waals surface area contributed by atoms with Crippen molar-refractivity contribution >= 4 is 5.97 Å². The van der Waals surface area contributed by atoms with E-state index in [2.05, 4.69) is 25.0 Å². The molecule has 0 aliphatic carbocycles. The number of hydrogen-bond acceptors (Lipinski definition) is 7. The van der Waals surface area contributed by atoms with Crippen molar-refractivity contribution in [1.29, 1.82) is 0 Å². The van der Waals surface area contributed by atoms with E-state index in [1.54, 1.807) is 0 Å². The van der Waals surface area contributed by atoms with Gasteiger partial charge in [-0.2, -0.15) is 4.98 Å². The van der Waals surface area contributed by atoms with Gasteiger partial charge in [-0.1, -0.05) is 12.1 Å². The Labute approximate surface area is 96.6 Å². The van der Waals surface area contributed by atoms with Crippen molar-refractivity contribution in [3.63, 3.8) is 0 Å². The van der Waals surface area contributed by atoms with E-state index in [1.807, 2.05) is 6.92 Å². The zero-order valence-corrected chi connectivity index (χ0v) is 9.45. The highest BCUT2D eigenvalue weighted by Crippen LogP contribution is 2.01. The lowest BCUT2D eigenvalue weighted by molar-refractivity contribution is 0.0586. The number of aryl methyl sites for hydroxylation is 1. The molecule has 0 saturated carbocycles. The summed E-state index contributed by atoms with van der Waals surface area (Å²) in [7, 11) is 1.27. The summed E-state index contributed by atoms with van der Waals surface area (Å²) in [5.74, 6) is 0.475. The van der Waals surface area contributed by atoms with Gasteiger partial charge in [-0.25, -0.2) is 14.5 Å². The molecule has 0 aliphatic heterocycles. The Morgan fingerprint density at radius 3 is 3.06 bits per heavy atom. The van der Waals surface area contributed by atoms with E-state index in [9.17, 15) is 4.79 Å². The molecular formula is C9H11N5O3. The molecule has 0 fully saturated rings. The maximum Gasteiger partial charge on any atom is 0.377 e. The summed E-state index contributed by atoms with van der Waals surface area (Å²) in [5.41, 5.74) is 0. The van der Waals surface area contributed by atoms with Crippen LogP contribution in [0.4, 0.5) is 0 Å². The summed E-state index contributed by atoms with van der Waals surface area (Å²) in [6.07, 6.45) is 2.11. The molecule has 0 N–H and O–H groups in total. The molecule has 0 radical (unpaired) electrons. The van der Waals surface area contributed by atoms with Crippen LogP contribution in [0.1, 0.15) is 29.3 Å². The molecule has 90 valence electrons. The van der Waals surface area contributed by atoms with Crippen molar-refractivity contribution in [1.82, 2.24) is 24.9 Å². The van der Waals surface area contributed by atoms with Crippen LogP contribution >= 0.6 is 0 Å². The standard InChI is InChI=1S/C9H11N5O3/c1-3-6-11-7(17-13-6)4-14-5-10-8(12-14)9(15)16-2/h5H,3-4H2,1-2H3. The molecule has 8 nitrogen and oxygen atoms in total. The molecule has 0 aliphatic rings. The van der Waals surface area contributed by atoms with Crippen molar-refractivity contribution in [3.8, 4) is 0 Å². The molecule has 0 unspecified atom stereocenters. The van der Waals surface area contributed by atoms with Gasteiger partial charge in [0.1, 0.15) is 12.9 Å². The molecule has 17 heavy (non-hydrogen) atoms. The minimum absolute atomic E-state index is 0.00253. The predicted molar refractivity (Wildman–Crippen MR) is 54.1 cm³/mol. The van der Waals surface area contributed by atoms with Crippen LogP contribution in [0, 0.1) is 0 Å². The quantitative estimate of drug-likeness (QED) is 0.693. The summed E-state index contributed by atoms with van der Waals surface area (Å²) in [5, 5.41) is 7.66. The largest absolute Gasteiger partial charge is 0.463 e. The van der Waals surface area contributed by atoms with Gasteiger partial charge in [0.2, 0.25) is 5.89 Å². The van der Waals surface area contributed by atoms with Crippen molar-refractivity contribution in [2.75, 3.05) is 7.11 Å². The number of rotatable bonds is 4. The minimum Gasteiger partial charge on any atom is -0.463 e. The molecule has 2 rings (SSSR count). The number of methoxy groups -OCH3 is 1. The Kier molecular flexibility index (Phi) is 3.12. The van der Waals surface area contributed by atoms with Crippen LogP contribution in [0.5, 0.6) is 0 Å². The number of carbonyl (C=O) groups excluding carboxylic acids is 1. The highest BCUT2D eigenvalue weighted by atomic mass is 16.5. The molecule has 0 spiro atoms. The molecule has 0 amide bonds. The third-order valence-corrected chi connectivity index (χ3v) is 2.03. The molecular weight excluding hydrogens is 226 g/mol. The van der Waals surface area contributed by atoms with E-state index in [0.29, 0.717) is 18.1 Å². The molecule has 0 bridgehead atoms. The van der Waals surface area contributed by atoms with Gasteiger partial charge >= 0.3 is 5.97 Å². The fourth-order valence-corrected chi connectivity index (χ4v) is 1.19. The second kappa shape index (κ2) is 4.73. The van der Waals surface area contributed by atoms with E-state index < -0.39 is 5.97 Å². The first-order valence-electron chi connectivity index (χ1n) is 5.02. The van der Waals surface area contributed by atoms with Crippen LogP contribution in [-0.2, 0) is 17.7 Å². The average Bonchev–Trinajstić information content (AvgIpc) is 2.97. The smallest absolute Gasteiger partial charge is 0.377 e. The lowest BCUT2D eigenvalue weighted by Crippen LogP contribution is -2.06. The van der Waals surface area contributed by atoms with Crippen molar-refractivity contribution in [2.45, 2.75) is 19.9 Å². The minimum atomic E-state index is -0.580. The second-order valence-electron chi connectivity index (χ2n) is 3.22. The van der Waals surface area contributed by atoms with Crippen molar-refractivity contribution in [3.05, 3.63) is 23.9 Å². The molecule has 8 heteroatoms. The lowest BCUT2D eigenvalue weighted by Gasteiger charge is -1.93. The maximum atomic E-state index is 11.1. The Hall–Kier alpha value is -2.25. The maximum absolute atomic E-state index is 11.1. The first-order valence-corrected chi connectivity index (χ1v) is 5.02. The van der Waals surface area contributed by atoms with Crippen LogP contribution in [0.2, 0.25) is 0 Å². The topological polar surface area (TPSA) is 95.9 Å². The first-order chi connectivity index (χ1) is 8.22. The number of esters is 1. The van der Waals surface area contributed by atoms with Gasteiger partial charge in [-0.15, -0.1) is 5.10 Å². The van der Waals surface area contributed by atoms with Crippen molar-refractivity contribution in [2.24, 2.45) is 0 Å². The SMILES string of the molecule is CCc1noc(Cn2cnc(C(=O)OC)n2)n1. The summed E-state index contributed by atoms with van der Waals surface area (Å²) in [6, 6.07) is 0. The third-order valence-electron chi connectivity index (χ3n) is 2.03. The zero-order chi connectivity index (χ0) is 12.3. The molecule has 0 aromatic carbocycles. The van der Waals surface area contributed by atoms with Gasteiger partial charge in [0, 0.05) is 6.42 Å². The predicted octanol–water partition coefficient (Wildman–Crippen LogP) is 0.0584. The first kappa shape index (κ1) is 11.2. The van der Waals surface area contributed by atoms with Gasteiger partial charge < -0.3 is 9.26 Å².